The van der Waals surface area contributed by atoms with Crippen molar-refractivity contribution in [2.24, 2.45) is 21.6 Å². The van der Waals surface area contributed by atoms with Gasteiger partial charge in [-0.15, -0.1) is 0 Å². The fourth-order valence-electron chi connectivity index (χ4n) is 5.93. The molecule has 3 N–H and O–H groups in total. The number of nitrogens with zero attached hydrogens (tertiary/aromatic N) is 6. The third kappa shape index (κ3) is 7.54. The summed E-state index contributed by atoms with van der Waals surface area (Å²) in [5.41, 5.74) is 6.35. The zero-order chi connectivity index (χ0) is 36.6. The van der Waals surface area contributed by atoms with Crippen molar-refractivity contribution in [3.8, 4) is 22.5 Å². The van der Waals surface area contributed by atoms with Crippen molar-refractivity contribution in [1.82, 2.24) is 29.9 Å². The highest BCUT2D eigenvalue weighted by molar-refractivity contribution is 6.33. The van der Waals surface area contributed by atoms with E-state index in [0.29, 0.717) is 43.3 Å². The van der Waals surface area contributed by atoms with Crippen LogP contribution in [0.1, 0.15) is 78.1 Å². The number of nitrogens with two attached hydrogens (primary N) is 1. The summed E-state index contributed by atoms with van der Waals surface area (Å²) in [6.07, 6.45) is 2.68. The van der Waals surface area contributed by atoms with E-state index in [9.17, 15) is 22.8 Å². The second-order valence-electron chi connectivity index (χ2n) is 14.4. The second kappa shape index (κ2) is 13.9. The number of hydrogen-bond donors (Lipinski definition) is 2. The molecule has 0 saturated carbocycles. The fourth-order valence-corrected chi connectivity index (χ4v) is 6.14. The number of rotatable bonds is 12. The van der Waals surface area contributed by atoms with Crippen LogP contribution in [-0.4, -0.2) is 60.5 Å². The molecular weight excluding hydrogens is 673 g/mol. The topological polar surface area (TPSA) is 144 Å². The third-order valence-electron chi connectivity index (χ3n) is 8.84. The van der Waals surface area contributed by atoms with Gasteiger partial charge in [0, 0.05) is 22.7 Å². The Morgan fingerprint density at radius 2 is 1.78 bits per heavy atom. The highest BCUT2D eigenvalue weighted by Gasteiger charge is 2.53. The molecule has 0 aliphatic carbocycles. The Balaban J connectivity index is 1.56. The number of ether oxygens (including phenoxy) is 1. The number of alkyl halides is 3. The molecule has 0 radical (unpaired) electrons. The van der Waals surface area contributed by atoms with Crippen LogP contribution < -0.4 is 5.73 Å². The zero-order valence-corrected chi connectivity index (χ0v) is 29.4. The maximum atomic E-state index is 14.9. The van der Waals surface area contributed by atoms with Crippen molar-refractivity contribution in [2.75, 3.05) is 6.61 Å². The number of aromatic amines is 1. The molecule has 266 valence electrons. The van der Waals surface area contributed by atoms with Gasteiger partial charge in [0.1, 0.15) is 19.1 Å². The lowest BCUT2D eigenvalue weighted by atomic mass is 9.75. The van der Waals surface area contributed by atoms with Crippen LogP contribution in [0.3, 0.4) is 0 Å². The molecule has 3 heterocycles. The first kappa shape index (κ1) is 36.6. The molecule has 4 aromatic rings. The van der Waals surface area contributed by atoms with Crippen molar-refractivity contribution >= 4 is 29.4 Å². The van der Waals surface area contributed by atoms with E-state index < -0.39 is 47.0 Å². The molecule has 0 bridgehead atoms. The molecule has 3 atom stereocenters. The minimum atomic E-state index is -2.78. The van der Waals surface area contributed by atoms with Crippen LogP contribution in [-0.2, 0) is 19.9 Å². The fraction of sp³-hybridized carbons (Fsp3) is 0.429. The molecule has 0 spiro atoms. The van der Waals surface area contributed by atoms with E-state index in [1.165, 1.54) is 30.5 Å². The number of aromatic nitrogens is 5. The van der Waals surface area contributed by atoms with Gasteiger partial charge in [0.05, 0.1) is 23.7 Å². The molecule has 1 amide bonds. The first-order chi connectivity index (χ1) is 23.4. The van der Waals surface area contributed by atoms with Crippen molar-refractivity contribution in [3.63, 3.8) is 0 Å². The highest BCUT2D eigenvalue weighted by atomic mass is 35.5. The van der Waals surface area contributed by atoms with Crippen molar-refractivity contribution in [3.05, 3.63) is 77.3 Å². The Bertz CT molecular complexity index is 1870. The first-order valence-electron chi connectivity index (χ1n) is 16.0. The van der Waals surface area contributed by atoms with Crippen molar-refractivity contribution in [1.29, 1.82) is 0 Å². The summed E-state index contributed by atoms with van der Waals surface area (Å²) < 4.78 is 46.9. The Labute approximate surface area is 293 Å². The van der Waals surface area contributed by atoms with E-state index in [1.54, 1.807) is 56.3 Å². The molecule has 1 unspecified atom stereocenters. The molecule has 2 aromatic carbocycles. The maximum Gasteiger partial charge on any atom is 0.333 e. The van der Waals surface area contributed by atoms with Gasteiger partial charge in [-0.25, -0.2) is 19.0 Å². The second-order valence-corrected chi connectivity index (χ2v) is 14.8. The molecule has 0 saturated heterocycles. The minimum Gasteiger partial charge on any atom is -0.463 e. The predicted molar refractivity (Wildman–Crippen MR) is 183 cm³/mol. The molecule has 11 nitrogen and oxygen atoms in total. The molecule has 5 rings (SSSR count). The molecule has 1 aliphatic heterocycles. The van der Waals surface area contributed by atoms with Crippen molar-refractivity contribution < 1.29 is 27.5 Å². The normalized spacial score (nSPS) is 18.0. The van der Waals surface area contributed by atoms with E-state index in [0.717, 1.165) is 0 Å². The summed E-state index contributed by atoms with van der Waals surface area (Å²) in [5, 5.41) is 10.8. The van der Waals surface area contributed by atoms with Crippen LogP contribution in [0.15, 0.2) is 66.2 Å². The number of benzene rings is 2. The quantitative estimate of drug-likeness (QED) is 0.148. The van der Waals surface area contributed by atoms with Crippen LogP contribution in [0.4, 0.5) is 13.2 Å². The lowest BCUT2D eigenvalue weighted by molar-refractivity contribution is -0.150. The number of halogens is 4. The van der Waals surface area contributed by atoms with E-state index in [2.05, 4.69) is 20.3 Å². The van der Waals surface area contributed by atoms with Crippen LogP contribution in [0.2, 0.25) is 5.02 Å². The van der Waals surface area contributed by atoms with Crippen LogP contribution in [0.5, 0.6) is 0 Å². The van der Waals surface area contributed by atoms with Gasteiger partial charge in [0.2, 0.25) is 0 Å². The number of amides is 1. The summed E-state index contributed by atoms with van der Waals surface area (Å²) in [6, 6.07) is 10.9. The zero-order valence-electron chi connectivity index (χ0n) is 28.6. The van der Waals surface area contributed by atoms with Gasteiger partial charge in [0.25, 0.3) is 5.91 Å². The average Bonchev–Trinajstić information content (AvgIpc) is 3.79. The van der Waals surface area contributed by atoms with Gasteiger partial charge in [0.15, 0.2) is 17.3 Å². The van der Waals surface area contributed by atoms with E-state index in [1.807, 2.05) is 20.8 Å². The molecule has 15 heteroatoms. The lowest BCUT2D eigenvalue weighted by Crippen LogP contribution is -2.47. The van der Waals surface area contributed by atoms with Crippen molar-refractivity contribution in [2.45, 2.75) is 78.7 Å². The number of nitrogens with one attached hydrogen (secondary N) is 1. The van der Waals surface area contributed by atoms with Gasteiger partial charge in [-0.05, 0) is 47.6 Å². The number of carbonyl (C=O) groups is 2. The number of hydrogen-bond acceptors (Lipinski definition) is 8. The monoisotopic (exact) mass is 712 g/mol. The molecule has 50 heavy (non-hydrogen) atoms. The Morgan fingerprint density at radius 3 is 2.36 bits per heavy atom. The lowest BCUT2D eigenvalue weighted by Gasteiger charge is -2.35. The average molecular weight is 713 g/mol. The van der Waals surface area contributed by atoms with E-state index >= 15 is 0 Å². The summed E-state index contributed by atoms with van der Waals surface area (Å²) >= 11 is 6.53. The van der Waals surface area contributed by atoms with Gasteiger partial charge < -0.3 is 10.5 Å². The molecule has 1 aliphatic rings. The SMILES string of the molecule is CC(F)C(C)(C)CC(=O)OC[C@H](c1ccc(Cl)c(-c2ncn[nH]2)c1)N1C(=O)[C@@](CC(C)(C)C)(c2ccc(-c3cnn(C(F)F)c3)cc2)N=C1N. The smallest absolute Gasteiger partial charge is 0.333 e. The number of esters is 1. The summed E-state index contributed by atoms with van der Waals surface area (Å²) in [4.78, 5) is 38.3. The standard InChI is InChI=1S/C35H40ClF3N8O3/c1-20(37)34(5,6)14-28(48)50-17-27(22-9-12-26(36)25(13-22)29-41-19-42-45-29)47-30(49)35(44-32(47)40,18-33(2,3)4)24-10-7-21(8-11-24)23-15-43-46(16-23)31(38)39/h7-13,15-16,19-20,27,31H,14,17-18H2,1-6H3,(H2,40,44)(H,41,42,45)/t20?,27-,35-/m1/s1. The summed E-state index contributed by atoms with van der Waals surface area (Å²) in [7, 11) is 0. The summed E-state index contributed by atoms with van der Waals surface area (Å²) in [5.74, 6) is -0.834. The number of carbonyl (C=O) groups excluding carboxylic acids is 2. The molecule has 0 fully saturated rings. The van der Waals surface area contributed by atoms with Crippen LogP contribution >= 0.6 is 11.6 Å². The minimum absolute atomic E-state index is 0.100. The first-order valence-corrected chi connectivity index (χ1v) is 16.4. The number of H-pyrrole nitrogens is 1. The van der Waals surface area contributed by atoms with E-state index in [-0.39, 0.29) is 25.4 Å². The van der Waals surface area contributed by atoms with Crippen LogP contribution in [0, 0.1) is 10.8 Å². The van der Waals surface area contributed by atoms with E-state index in [4.69, 9.17) is 27.1 Å². The largest absolute Gasteiger partial charge is 0.463 e. The third-order valence-corrected chi connectivity index (χ3v) is 9.17. The summed E-state index contributed by atoms with van der Waals surface area (Å²) in [6.45, 7) is 7.45. The molecular formula is C35H40ClF3N8O3. The number of aliphatic imine (C=N–C) groups is 1. The van der Waals surface area contributed by atoms with Gasteiger partial charge in [-0.1, -0.05) is 76.6 Å². The Morgan fingerprint density at radius 1 is 1.08 bits per heavy atom. The molecule has 2 aromatic heterocycles. The maximum absolute atomic E-state index is 14.9. The van der Waals surface area contributed by atoms with Crippen LogP contribution in [0.25, 0.3) is 22.5 Å². The number of guanidine groups is 1. The van der Waals surface area contributed by atoms with Gasteiger partial charge in [-0.3, -0.25) is 19.6 Å². The van der Waals surface area contributed by atoms with Gasteiger partial charge >= 0.3 is 12.5 Å². The Kier molecular flexibility index (Phi) is 10.2. The highest BCUT2D eigenvalue weighted by Crippen LogP contribution is 2.45. The predicted octanol–water partition coefficient (Wildman–Crippen LogP) is 7.23. The van der Waals surface area contributed by atoms with Gasteiger partial charge in [-0.2, -0.15) is 19.0 Å². The Hall–Kier alpha value is -4.72.